The van der Waals surface area contributed by atoms with E-state index in [1.54, 1.807) is 11.8 Å². The number of methoxy groups -OCH3 is 1. The number of aromatic nitrogens is 1. The van der Waals surface area contributed by atoms with Gasteiger partial charge in [0.15, 0.2) is 0 Å². The topological polar surface area (TPSA) is 69.3 Å². The summed E-state index contributed by atoms with van der Waals surface area (Å²) in [6.07, 6.45) is 5.23. The lowest BCUT2D eigenvalue weighted by Gasteiger charge is -2.05. The third-order valence-corrected chi connectivity index (χ3v) is 3.60. The molecule has 0 radical (unpaired) electrons. The first-order valence-electron chi connectivity index (χ1n) is 7.35. The van der Waals surface area contributed by atoms with Crippen molar-refractivity contribution in [3.8, 4) is 5.75 Å². The Hall–Kier alpha value is -2.17. The van der Waals surface area contributed by atoms with Crippen molar-refractivity contribution >= 4 is 16.8 Å². The van der Waals surface area contributed by atoms with Crippen LogP contribution in [0.1, 0.15) is 31.7 Å². The quantitative estimate of drug-likeness (QED) is 0.768. The molecular formula is C16H23N3O2. The first-order valence-corrected chi connectivity index (χ1v) is 7.35. The monoisotopic (exact) mass is 289 g/mol. The minimum Gasteiger partial charge on any atom is -0.497 e. The maximum Gasteiger partial charge on any atom is 0.220 e. The molecule has 2 aromatic rings. The highest BCUT2D eigenvalue weighted by atomic mass is 16.5. The largest absolute Gasteiger partial charge is 0.497 e. The first kappa shape index (κ1) is 15.2. The maximum atomic E-state index is 11.6. The molecule has 0 unspecified atom stereocenters. The average Bonchev–Trinajstić information content (AvgIpc) is 2.81. The van der Waals surface area contributed by atoms with Gasteiger partial charge in [0, 0.05) is 24.5 Å². The van der Waals surface area contributed by atoms with Crippen LogP contribution in [0.3, 0.4) is 0 Å². The number of benzene rings is 1. The molecule has 0 aliphatic heterocycles. The number of nitrogens with one attached hydrogen (secondary N) is 1. The minimum atomic E-state index is 0.117. The molecule has 5 nitrogen and oxygen atoms in total. The van der Waals surface area contributed by atoms with Gasteiger partial charge in [-0.2, -0.15) is 0 Å². The smallest absolute Gasteiger partial charge is 0.220 e. The summed E-state index contributed by atoms with van der Waals surface area (Å²) in [6, 6.07) is 5.81. The molecule has 0 aliphatic rings. The van der Waals surface area contributed by atoms with Gasteiger partial charge in [0.2, 0.25) is 5.91 Å². The van der Waals surface area contributed by atoms with Crippen molar-refractivity contribution in [2.24, 2.45) is 0 Å². The minimum absolute atomic E-state index is 0.117. The van der Waals surface area contributed by atoms with E-state index in [9.17, 15) is 4.79 Å². The predicted molar refractivity (Wildman–Crippen MR) is 84.9 cm³/mol. The molecule has 1 amide bonds. The van der Waals surface area contributed by atoms with Crippen molar-refractivity contribution in [1.82, 2.24) is 9.99 Å². The highest BCUT2D eigenvalue weighted by Gasteiger charge is 2.09. The molecule has 0 spiro atoms. The molecule has 1 aromatic heterocycles. The van der Waals surface area contributed by atoms with E-state index >= 15 is 0 Å². The van der Waals surface area contributed by atoms with Crippen LogP contribution >= 0.6 is 0 Å². The van der Waals surface area contributed by atoms with Crippen LogP contribution in [0, 0.1) is 0 Å². The van der Waals surface area contributed by atoms with Gasteiger partial charge in [0.05, 0.1) is 12.6 Å². The van der Waals surface area contributed by atoms with Crippen LogP contribution in [0.4, 0.5) is 0 Å². The summed E-state index contributed by atoms with van der Waals surface area (Å²) in [4.78, 5) is 11.6. The number of hydrogen-bond acceptors (Lipinski definition) is 3. The molecular weight excluding hydrogens is 266 g/mol. The van der Waals surface area contributed by atoms with Gasteiger partial charge in [-0.3, -0.25) is 9.47 Å². The van der Waals surface area contributed by atoms with Crippen molar-refractivity contribution in [3.63, 3.8) is 0 Å². The number of amides is 1. The molecule has 3 N–H and O–H groups in total. The van der Waals surface area contributed by atoms with Gasteiger partial charge >= 0.3 is 0 Å². The number of carbonyl (C=O) groups excluding carboxylic acids is 1. The van der Waals surface area contributed by atoms with Gasteiger partial charge in [-0.15, -0.1) is 0 Å². The number of unbranched alkanes of at least 4 members (excludes halogenated alkanes) is 1. The Morgan fingerprint density at radius 1 is 1.43 bits per heavy atom. The SMILES string of the molecule is CCCCC(=O)NCCc1cn(N)c2ccc(OC)cc12. The highest BCUT2D eigenvalue weighted by molar-refractivity contribution is 5.85. The predicted octanol–water partition coefficient (Wildman–Crippen LogP) is 2.21. The molecule has 0 atom stereocenters. The normalized spacial score (nSPS) is 10.8. The zero-order valence-electron chi connectivity index (χ0n) is 12.7. The summed E-state index contributed by atoms with van der Waals surface area (Å²) in [6.45, 7) is 2.70. The molecule has 0 fully saturated rings. The lowest BCUT2D eigenvalue weighted by molar-refractivity contribution is -0.121. The fourth-order valence-electron chi connectivity index (χ4n) is 2.39. The second-order valence-corrected chi connectivity index (χ2v) is 5.15. The van der Waals surface area contributed by atoms with Gasteiger partial charge in [0.25, 0.3) is 0 Å². The molecule has 5 heteroatoms. The fourth-order valence-corrected chi connectivity index (χ4v) is 2.39. The van der Waals surface area contributed by atoms with E-state index in [0.29, 0.717) is 13.0 Å². The summed E-state index contributed by atoms with van der Waals surface area (Å²) in [5.74, 6) is 6.88. The standard InChI is InChI=1S/C16H23N3O2/c1-3-4-5-16(20)18-9-8-12-11-19(17)15-7-6-13(21-2)10-14(12)15/h6-7,10-11H,3-5,8-9,17H2,1-2H3,(H,18,20). The molecule has 0 bridgehead atoms. The molecule has 1 aromatic carbocycles. The Balaban J connectivity index is 2.03. The molecule has 1 heterocycles. The van der Waals surface area contributed by atoms with E-state index in [-0.39, 0.29) is 5.91 Å². The highest BCUT2D eigenvalue weighted by Crippen LogP contribution is 2.25. The molecule has 21 heavy (non-hydrogen) atoms. The second kappa shape index (κ2) is 7.02. The summed E-state index contributed by atoms with van der Waals surface area (Å²) in [5.41, 5.74) is 2.07. The Bertz CT molecular complexity index is 619. The van der Waals surface area contributed by atoms with Crippen molar-refractivity contribution in [2.45, 2.75) is 32.6 Å². The van der Waals surface area contributed by atoms with E-state index in [4.69, 9.17) is 10.6 Å². The van der Waals surface area contributed by atoms with E-state index in [0.717, 1.165) is 41.5 Å². The number of hydrogen-bond donors (Lipinski definition) is 2. The van der Waals surface area contributed by atoms with E-state index in [1.165, 1.54) is 0 Å². The van der Waals surface area contributed by atoms with Crippen molar-refractivity contribution < 1.29 is 9.53 Å². The van der Waals surface area contributed by atoms with E-state index in [1.807, 2.05) is 24.4 Å². The van der Waals surface area contributed by atoms with Crippen molar-refractivity contribution in [3.05, 3.63) is 30.0 Å². The number of nitrogens with two attached hydrogens (primary N) is 1. The Morgan fingerprint density at radius 3 is 2.95 bits per heavy atom. The lowest BCUT2D eigenvalue weighted by atomic mass is 10.1. The van der Waals surface area contributed by atoms with Gasteiger partial charge in [-0.25, -0.2) is 0 Å². The number of rotatable bonds is 7. The van der Waals surface area contributed by atoms with Gasteiger partial charge in [-0.1, -0.05) is 13.3 Å². The van der Waals surface area contributed by atoms with Gasteiger partial charge in [0.1, 0.15) is 5.75 Å². The van der Waals surface area contributed by atoms with Crippen LogP contribution < -0.4 is 15.9 Å². The number of fused-ring (bicyclic) bond motifs is 1. The van der Waals surface area contributed by atoms with Crippen molar-refractivity contribution in [1.29, 1.82) is 0 Å². The van der Waals surface area contributed by atoms with E-state index < -0.39 is 0 Å². The summed E-state index contributed by atoms with van der Waals surface area (Å²) in [5, 5.41) is 4.02. The third-order valence-electron chi connectivity index (χ3n) is 3.60. The van der Waals surface area contributed by atoms with Gasteiger partial charge < -0.3 is 15.9 Å². The summed E-state index contributed by atoms with van der Waals surface area (Å²) in [7, 11) is 1.65. The molecule has 114 valence electrons. The van der Waals surface area contributed by atoms with Crippen LogP contribution in [0.2, 0.25) is 0 Å². The zero-order chi connectivity index (χ0) is 15.2. The van der Waals surface area contributed by atoms with Crippen LogP contribution in [-0.4, -0.2) is 24.2 Å². The molecule has 0 saturated heterocycles. The Kier molecular flexibility index (Phi) is 5.09. The summed E-state index contributed by atoms with van der Waals surface area (Å²) < 4.78 is 6.87. The number of nitrogen functional groups attached to an aromatic ring is 1. The number of ether oxygens (including phenoxy) is 1. The maximum absolute atomic E-state index is 11.6. The fraction of sp³-hybridized carbons (Fsp3) is 0.438. The Morgan fingerprint density at radius 2 is 2.24 bits per heavy atom. The van der Waals surface area contributed by atoms with Crippen LogP contribution in [0.5, 0.6) is 5.75 Å². The second-order valence-electron chi connectivity index (χ2n) is 5.15. The van der Waals surface area contributed by atoms with E-state index in [2.05, 4.69) is 12.2 Å². The van der Waals surface area contributed by atoms with Crippen LogP contribution in [-0.2, 0) is 11.2 Å². The van der Waals surface area contributed by atoms with Gasteiger partial charge in [-0.05, 0) is 36.6 Å². The lowest BCUT2D eigenvalue weighted by Crippen LogP contribution is -2.25. The number of carbonyl (C=O) groups is 1. The molecule has 0 aliphatic carbocycles. The zero-order valence-corrected chi connectivity index (χ0v) is 12.7. The molecule has 0 saturated carbocycles. The average molecular weight is 289 g/mol. The molecule has 2 rings (SSSR count). The van der Waals surface area contributed by atoms with Crippen LogP contribution in [0.25, 0.3) is 10.9 Å². The van der Waals surface area contributed by atoms with Crippen molar-refractivity contribution in [2.75, 3.05) is 19.5 Å². The summed E-state index contributed by atoms with van der Waals surface area (Å²) >= 11 is 0. The number of nitrogens with zero attached hydrogens (tertiary/aromatic N) is 1. The van der Waals surface area contributed by atoms with Crippen LogP contribution in [0.15, 0.2) is 24.4 Å². The first-order chi connectivity index (χ1) is 10.2. The third kappa shape index (κ3) is 3.68. The Labute approximate surface area is 125 Å².